The first kappa shape index (κ1) is 12.6. The molecule has 1 aromatic carbocycles. The third-order valence-corrected chi connectivity index (χ3v) is 3.76. The van der Waals surface area contributed by atoms with Crippen molar-refractivity contribution in [2.75, 3.05) is 5.73 Å². The average Bonchev–Trinajstić information content (AvgIpc) is 2.79. The summed E-state index contributed by atoms with van der Waals surface area (Å²) in [6.07, 6.45) is 0. The van der Waals surface area contributed by atoms with Gasteiger partial charge in [0.15, 0.2) is 0 Å². The molecule has 6 heteroatoms. The van der Waals surface area contributed by atoms with Gasteiger partial charge in [-0.1, -0.05) is 0 Å². The summed E-state index contributed by atoms with van der Waals surface area (Å²) in [5.74, 6) is 0.147. The molecule has 0 unspecified atom stereocenters. The number of hydrogen-bond donors (Lipinski definition) is 2. The highest BCUT2D eigenvalue weighted by molar-refractivity contribution is 7.12. The van der Waals surface area contributed by atoms with Gasteiger partial charge in [-0.2, -0.15) is 0 Å². The van der Waals surface area contributed by atoms with Gasteiger partial charge >= 0.3 is 5.63 Å². The van der Waals surface area contributed by atoms with Crippen molar-refractivity contribution in [3.8, 4) is 16.6 Å². The number of hydrogen-bond acceptors (Lipinski definition) is 6. The highest BCUT2D eigenvalue weighted by atomic mass is 32.1. The molecule has 0 aliphatic rings. The monoisotopic (exact) mass is 289 g/mol. The number of nitrogen functional groups attached to an aromatic ring is 1. The molecule has 0 bridgehead atoms. The molecule has 3 N–H and O–H groups in total. The Kier molecular flexibility index (Phi) is 2.87. The summed E-state index contributed by atoms with van der Waals surface area (Å²) < 4.78 is 10.7. The number of anilines is 1. The van der Waals surface area contributed by atoms with Crippen molar-refractivity contribution in [1.29, 1.82) is 0 Å². The number of benzene rings is 1. The summed E-state index contributed by atoms with van der Waals surface area (Å²) in [5, 5.41) is 12.4. The molecule has 2 aromatic heterocycles. The first-order valence-corrected chi connectivity index (χ1v) is 6.71. The van der Waals surface area contributed by atoms with E-state index in [0.29, 0.717) is 27.3 Å². The summed E-state index contributed by atoms with van der Waals surface area (Å²) in [6.45, 7) is 1.76. The SMILES string of the molecule is Cc1c(Oc2sccc2N)c(=O)oc2cc(O)ccc12. The number of aryl methyl sites for hydroxylation is 1. The Morgan fingerprint density at radius 1 is 1.35 bits per heavy atom. The molecule has 0 aliphatic carbocycles. The lowest BCUT2D eigenvalue weighted by Crippen LogP contribution is -2.06. The van der Waals surface area contributed by atoms with Crippen LogP contribution in [0, 0.1) is 6.92 Å². The lowest BCUT2D eigenvalue weighted by molar-refractivity contribution is 0.441. The van der Waals surface area contributed by atoms with Gasteiger partial charge < -0.3 is 20.0 Å². The Labute approximate surface area is 117 Å². The second-order valence-corrected chi connectivity index (χ2v) is 5.17. The van der Waals surface area contributed by atoms with Gasteiger partial charge in [-0.25, -0.2) is 4.79 Å². The molecule has 3 aromatic rings. The van der Waals surface area contributed by atoms with E-state index in [1.54, 1.807) is 24.4 Å². The first-order valence-electron chi connectivity index (χ1n) is 5.83. The number of fused-ring (bicyclic) bond motifs is 1. The Hall–Kier alpha value is -2.47. The predicted molar refractivity (Wildman–Crippen MR) is 77.7 cm³/mol. The van der Waals surface area contributed by atoms with Crippen molar-refractivity contribution in [1.82, 2.24) is 0 Å². The topological polar surface area (TPSA) is 85.7 Å². The molecule has 20 heavy (non-hydrogen) atoms. The molecule has 0 atom stereocenters. The maximum absolute atomic E-state index is 12.0. The third-order valence-electron chi connectivity index (χ3n) is 2.95. The minimum atomic E-state index is -0.603. The largest absolute Gasteiger partial charge is 0.508 e. The zero-order chi connectivity index (χ0) is 14.3. The number of thiophene rings is 1. The average molecular weight is 289 g/mol. The van der Waals surface area contributed by atoms with E-state index in [1.165, 1.54) is 23.5 Å². The van der Waals surface area contributed by atoms with Gasteiger partial charge in [0.25, 0.3) is 0 Å². The van der Waals surface area contributed by atoms with Gasteiger partial charge in [-0.3, -0.25) is 0 Å². The fraction of sp³-hybridized carbons (Fsp3) is 0.0714. The lowest BCUT2D eigenvalue weighted by atomic mass is 10.1. The van der Waals surface area contributed by atoms with E-state index in [0.717, 1.165) is 0 Å². The van der Waals surface area contributed by atoms with Gasteiger partial charge in [0.05, 0.1) is 5.69 Å². The van der Waals surface area contributed by atoms with E-state index in [1.807, 2.05) is 0 Å². The van der Waals surface area contributed by atoms with Crippen LogP contribution >= 0.6 is 11.3 Å². The number of rotatable bonds is 2. The zero-order valence-electron chi connectivity index (χ0n) is 10.5. The van der Waals surface area contributed by atoms with Crippen LogP contribution in [0.3, 0.4) is 0 Å². The normalized spacial score (nSPS) is 10.8. The van der Waals surface area contributed by atoms with E-state index < -0.39 is 5.63 Å². The molecule has 102 valence electrons. The summed E-state index contributed by atoms with van der Waals surface area (Å²) in [5.41, 5.74) is 6.57. The molecule has 3 rings (SSSR count). The summed E-state index contributed by atoms with van der Waals surface area (Å²) in [7, 11) is 0. The Morgan fingerprint density at radius 2 is 2.15 bits per heavy atom. The van der Waals surface area contributed by atoms with E-state index in [2.05, 4.69) is 0 Å². The molecular weight excluding hydrogens is 278 g/mol. The van der Waals surface area contributed by atoms with Gasteiger partial charge in [0.1, 0.15) is 11.3 Å². The fourth-order valence-electron chi connectivity index (χ4n) is 1.93. The van der Waals surface area contributed by atoms with Crippen LogP contribution in [0.25, 0.3) is 11.0 Å². The van der Waals surface area contributed by atoms with Crippen molar-refractivity contribution in [2.45, 2.75) is 6.92 Å². The maximum Gasteiger partial charge on any atom is 0.380 e. The number of ether oxygens (including phenoxy) is 1. The molecule has 0 spiro atoms. The predicted octanol–water partition coefficient (Wildman–Crippen LogP) is 3.24. The van der Waals surface area contributed by atoms with Crippen molar-refractivity contribution in [3.05, 3.63) is 45.6 Å². The van der Waals surface area contributed by atoms with Crippen LogP contribution in [0.2, 0.25) is 0 Å². The van der Waals surface area contributed by atoms with Gasteiger partial charge in [-0.05, 0) is 30.5 Å². The van der Waals surface area contributed by atoms with Crippen molar-refractivity contribution in [2.24, 2.45) is 0 Å². The molecule has 5 nitrogen and oxygen atoms in total. The standard InChI is InChI=1S/C14H11NO4S/c1-7-9-3-2-8(16)6-11(9)18-13(17)12(7)19-14-10(15)4-5-20-14/h2-6,16H,15H2,1H3. The molecular formula is C14H11NO4S. The minimum Gasteiger partial charge on any atom is -0.508 e. The van der Waals surface area contributed by atoms with Crippen molar-refractivity contribution < 1.29 is 14.3 Å². The van der Waals surface area contributed by atoms with Crippen LogP contribution in [-0.2, 0) is 0 Å². The van der Waals surface area contributed by atoms with Crippen LogP contribution in [0.1, 0.15) is 5.56 Å². The van der Waals surface area contributed by atoms with E-state index in [9.17, 15) is 9.90 Å². The van der Waals surface area contributed by atoms with Crippen LogP contribution < -0.4 is 16.1 Å². The number of phenols is 1. The molecule has 0 amide bonds. The van der Waals surface area contributed by atoms with Crippen LogP contribution in [-0.4, -0.2) is 5.11 Å². The lowest BCUT2D eigenvalue weighted by Gasteiger charge is -2.08. The second-order valence-electron chi connectivity index (χ2n) is 4.29. The van der Waals surface area contributed by atoms with Gasteiger partial charge in [-0.15, -0.1) is 11.3 Å². The Balaban J connectivity index is 2.19. The van der Waals surface area contributed by atoms with Gasteiger partial charge in [0.2, 0.25) is 10.8 Å². The van der Waals surface area contributed by atoms with Crippen LogP contribution in [0.4, 0.5) is 5.69 Å². The first-order chi connectivity index (χ1) is 9.56. The highest BCUT2D eigenvalue weighted by Crippen LogP contribution is 2.35. The van der Waals surface area contributed by atoms with Gasteiger partial charge in [0, 0.05) is 17.0 Å². The minimum absolute atomic E-state index is 0.0382. The molecule has 0 saturated heterocycles. The third kappa shape index (κ3) is 2.00. The number of nitrogens with two attached hydrogens (primary N) is 1. The van der Waals surface area contributed by atoms with E-state index in [-0.39, 0.29) is 11.5 Å². The van der Waals surface area contributed by atoms with Crippen LogP contribution in [0.15, 0.2) is 38.9 Å². The Morgan fingerprint density at radius 3 is 2.85 bits per heavy atom. The highest BCUT2D eigenvalue weighted by Gasteiger charge is 2.15. The zero-order valence-corrected chi connectivity index (χ0v) is 11.4. The van der Waals surface area contributed by atoms with Crippen molar-refractivity contribution >= 4 is 28.0 Å². The summed E-state index contributed by atoms with van der Waals surface area (Å²) in [6, 6.07) is 6.30. The van der Waals surface area contributed by atoms with E-state index in [4.69, 9.17) is 14.9 Å². The summed E-state index contributed by atoms with van der Waals surface area (Å²) in [4.78, 5) is 12.0. The maximum atomic E-state index is 12.0. The molecule has 0 aliphatic heterocycles. The van der Waals surface area contributed by atoms with Crippen LogP contribution in [0.5, 0.6) is 16.6 Å². The molecule has 0 radical (unpaired) electrons. The number of aromatic hydroxyl groups is 1. The van der Waals surface area contributed by atoms with Crippen molar-refractivity contribution in [3.63, 3.8) is 0 Å². The molecule has 0 saturated carbocycles. The summed E-state index contributed by atoms with van der Waals surface area (Å²) >= 11 is 1.30. The second kappa shape index (κ2) is 4.57. The smallest absolute Gasteiger partial charge is 0.380 e. The fourth-order valence-corrected chi connectivity index (χ4v) is 2.60. The Bertz CT molecular complexity index is 850. The quantitative estimate of drug-likeness (QED) is 0.707. The number of phenolic OH excluding ortho intramolecular Hbond substituents is 1. The molecule has 0 fully saturated rings. The van der Waals surface area contributed by atoms with E-state index >= 15 is 0 Å². The molecule has 2 heterocycles.